The van der Waals surface area contributed by atoms with Gasteiger partial charge in [-0.1, -0.05) is 18.2 Å². The second kappa shape index (κ2) is 8.99. The van der Waals surface area contributed by atoms with E-state index < -0.39 is 27.8 Å². The molecule has 0 radical (unpaired) electrons. The number of nitrogens with zero attached hydrogens (tertiary/aromatic N) is 3. The standard InChI is InChI=1S/C16H18N4O7S/c1-25-12-8-13(26-2)18-15(17-12)19-16(22)20-28(23,24)9-10-6-4-5-7-11(10)14(21)27-3/h4-8H,9H2,1-3H3,(H2,17,18,19,20,22)/p-1. The van der Waals surface area contributed by atoms with Crippen molar-refractivity contribution < 1.29 is 32.5 Å². The molecule has 0 atom stereocenters. The molecular weight excluding hydrogens is 392 g/mol. The molecule has 12 heteroatoms. The molecule has 0 amide bonds. The molecule has 0 aliphatic rings. The number of ether oxygens (including phenoxy) is 3. The molecule has 0 saturated heterocycles. The molecule has 2 rings (SSSR count). The van der Waals surface area contributed by atoms with Crippen LogP contribution in [0.2, 0.25) is 0 Å². The number of methoxy groups -OCH3 is 3. The summed E-state index contributed by atoms with van der Waals surface area (Å²) in [5.41, 5.74) is 0.204. The van der Waals surface area contributed by atoms with Gasteiger partial charge in [0.05, 0.1) is 44.7 Å². The monoisotopic (exact) mass is 409 g/mol. The Kier molecular flexibility index (Phi) is 6.71. The van der Waals surface area contributed by atoms with E-state index >= 15 is 0 Å². The lowest BCUT2D eigenvalue weighted by atomic mass is 10.1. The Morgan fingerprint density at radius 2 is 1.75 bits per heavy atom. The van der Waals surface area contributed by atoms with Gasteiger partial charge < -0.3 is 24.6 Å². The van der Waals surface area contributed by atoms with Crippen molar-refractivity contribution in [3.05, 3.63) is 41.5 Å². The minimum absolute atomic E-state index is 0.0602. The van der Waals surface area contributed by atoms with Gasteiger partial charge in [0.25, 0.3) is 10.0 Å². The second-order valence-electron chi connectivity index (χ2n) is 5.17. The summed E-state index contributed by atoms with van der Waals surface area (Å²) in [6.07, 6.45) is 0. The molecular formula is C16H17N4O7S-. The predicted octanol–water partition coefficient (Wildman–Crippen LogP) is -0.0614. The highest BCUT2D eigenvalue weighted by Crippen LogP contribution is 2.18. The normalized spacial score (nSPS) is 11.6. The topological polar surface area (TPSA) is 152 Å². The summed E-state index contributed by atoms with van der Waals surface area (Å²) in [5, 5.41) is 14.1. The van der Waals surface area contributed by atoms with Crippen molar-refractivity contribution >= 4 is 28.0 Å². The van der Waals surface area contributed by atoms with Crippen LogP contribution in [-0.2, 0) is 20.5 Å². The van der Waals surface area contributed by atoms with E-state index in [0.29, 0.717) is 0 Å². The number of hydrogen-bond donors (Lipinski definition) is 1. The fourth-order valence-corrected chi connectivity index (χ4v) is 3.11. The Hall–Kier alpha value is -3.41. The van der Waals surface area contributed by atoms with E-state index in [0.717, 1.165) is 0 Å². The lowest BCUT2D eigenvalue weighted by molar-refractivity contribution is -0.213. The van der Waals surface area contributed by atoms with E-state index in [-0.39, 0.29) is 28.8 Å². The van der Waals surface area contributed by atoms with E-state index in [4.69, 9.17) is 9.47 Å². The van der Waals surface area contributed by atoms with E-state index in [2.05, 4.69) is 24.4 Å². The average Bonchev–Trinajstić information content (AvgIpc) is 2.66. The Balaban J connectivity index is 2.24. The molecule has 0 aliphatic heterocycles. The Morgan fingerprint density at radius 3 is 2.32 bits per heavy atom. The SMILES string of the molecule is COC(=O)c1ccccc1CS(=O)(=O)N=C([O-])Nc1nc(OC)cc(OC)n1. The number of esters is 1. The quantitative estimate of drug-likeness (QED) is 0.374. The summed E-state index contributed by atoms with van der Waals surface area (Å²) in [4.78, 5) is 19.4. The molecule has 28 heavy (non-hydrogen) atoms. The highest BCUT2D eigenvalue weighted by molar-refractivity contribution is 7.89. The van der Waals surface area contributed by atoms with Crippen molar-refractivity contribution in [2.45, 2.75) is 5.75 Å². The smallest absolute Gasteiger partial charge is 0.338 e. The van der Waals surface area contributed by atoms with Crippen molar-refractivity contribution in [2.24, 2.45) is 4.40 Å². The van der Waals surface area contributed by atoms with Crippen LogP contribution < -0.4 is 19.9 Å². The minimum atomic E-state index is -4.26. The summed E-state index contributed by atoms with van der Waals surface area (Å²) in [6.45, 7) is 0. The van der Waals surface area contributed by atoms with Gasteiger partial charge in [-0.05, 0) is 11.6 Å². The predicted molar refractivity (Wildman–Crippen MR) is 96.6 cm³/mol. The summed E-state index contributed by atoms with van der Waals surface area (Å²) in [5.74, 6) is -1.44. The van der Waals surface area contributed by atoms with Crippen LogP contribution in [0.5, 0.6) is 11.8 Å². The number of benzene rings is 1. The largest absolute Gasteiger partial charge is 0.845 e. The van der Waals surface area contributed by atoms with Crippen molar-refractivity contribution in [1.82, 2.24) is 9.97 Å². The number of aromatic nitrogens is 2. The van der Waals surface area contributed by atoms with Crippen molar-refractivity contribution in [1.29, 1.82) is 0 Å². The molecule has 1 aromatic carbocycles. The minimum Gasteiger partial charge on any atom is -0.845 e. The van der Waals surface area contributed by atoms with E-state index in [9.17, 15) is 18.3 Å². The van der Waals surface area contributed by atoms with Gasteiger partial charge in [-0.2, -0.15) is 14.4 Å². The van der Waals surface area contributed by atoms with E-state index in [1.165, 1.54) is 39.5 Å². The highest BCUT2D eigenvalue weighted by atomic mass is 32.2. The molecule has 2 aromatic rings. The first kappa shape index (κ1) is 20.9. The number of hydrogen-bond acceptors (Lipinski definition) is 9. The maximum Gasteiger partial charge on any atom is 0.338 e. The highest BCUT2D eigenvalue weighted by Gasteiger charge is 2.17. The molecule has 1 heterocycles. The number of carbonyl (C=O) groups excluding carboxylic acids is 1. The van der Waals surface area contributed by atoms with Gasteiger partial charge in [0.15, 0.2) is 0 Å². The average molecular weight is 409 g/mol. The zero-order chi connectivity index (χ0) is 20.7. The molecule has 0 unspecified atom stereocenters. The van der Waals surface area contributed by atoms with E-state index in [1.807, 2.05) is 0 Å². The maximum atomic E-state index is 12.2. The zero-order valence-electron chi connectivity index (χ0n) is 15.2. The number of anilines is 1. The van der Waals surface area contributed by atoms with Crippen LogP contribution >= 0.6 is 0 Å². The number of nitrogens with one attached hydrogen (secondary N) is 1. The first-order chi connectivity index (χ1) is 13.3. The maximum absolute atomic E-state index is 12.2. The Labute approximate surface area is 161 Å². The molecule has 150 valence electrons. The fourth-order valence-electron chi connectivity index (χ4n) is 2.10. The molecule has 1 aromatic heterocycles. The molecule has 0 saturated carbocycles. The number of sulfonamides is 1. The zero-order valence-corrected chi connectivity index (χ0v) is 16.0. The van der Waals surface area contributed by atoms with Gasteiger partial charge in [-0.25, -0.2) is 13.2 Å². The number of amidine groups is 1. The van der Waals surface area contributed by atoms with Gasteiger partial charge in [0, 0.05) is 0 Å². The van der Waals surface area contributed by atoms with Crippen LogP contribution in [0.1, 0.15) is 15.9 Å². The summed E-state index contributed by atoms with van der Waals surface area (Å²) in [7, 11) is -0.392. The summed E-state index contributed by atoms with van der Waals surface area (Å²) < 4.78 is 42.1. The van der Waals surface area contributed by atoms with Crippen LogP contribution in [0.15, 0.2) is 34.7 Å². The molecule has 0 aliphatic carbocycles. The van der Waals surface area contributed by atoms with Crippen molar-refractivity contribution in [3.8, 4) is 11.8 Å². The first-order valence-corrected chi connectivity index (χ1v) is 9.29. The van der Waals surface area contributed by atoms with Gasteiger partial charge in [-0.3, -0.25) is 0 Å². The molecule has 0 spiro atoms. The molecule has 1 N–H and O–H groups in total. The Morgan fingerprint density at radius 1 is 1.14 bits per heavy atom. The van der Waals surface area contributed by atoms with Gasteiger partial charge in [-0.15, -0.1) is 0 Å². The van der Waals surface area contributed by atoms with E-state index in [1.54, 1.807) is 12.1 Å². The van der Waals surface area contributed by atoms with Crippen LogP contribution in [0, 0.1) is 0 Å². The number of carbonyl (C=O) groups is 1. The molecule has 0 bridgehead atoms. The first-order valence-electron chi connectivity index (χ1n) is 7.68. The van der Waals surface area contributed by atoms with Crippen molar-refractivity contribution in [2.75, 3.05) is 26.6 Å². The van der Waals surface area contributed by atoms with Crippen LogP contribution in [0.25, 0.3) is 0 Å². The lowest BCUT2D eigenvalue weighted by Crippen LogP contribution is -2.29. The third kappa shape index (κ3) is 5.54. The van der Waals surface area contributed by atoms with Gasteiger partial charge in [0.1, 0.15) is 0 Å². The molecule has 0 fully saturated rings. The lowest BCUT2D eigenvalue weighted by Gasteiger charge is -2.13. The fraction of sp³-hybridized carbons (Fsp3) is 0.250. The third-order valence-corrected chi connectivity index (χ3v) is 4.42. The Bertz CT molecular complexity index is 970. The van der Waals surface area contributed by atoms with Crippen LogP contribution in [0.3, 0.4) is 0 Å². The molecule has 11 nitrogen and oxygen atoms in total. The van der Waals surface area contributed by atoms with Crippen LogP contribution in [0.4, 0.5) is 5.95 Å². The van der Waals surface area contributed by atoms with Gasteiger partial charge >= 0.3 is 5.97 Å². The van der Waals surface area contributed by atoms with Crippen molar-refractivity contribution in [3.63, 3.8) is 0 Å². The van der Waals surface area contributed by atoms with Crippen LogP contribution in [-0.4, -0.2) is 51.7 Å². The van der Waals surface area contributed by atoms with Gasteiger partial charge in [0.2, 0.25) is 17.7 Å². The summed E-state index contributed by atoms with van der Waals surface area (Å²) in [6, 6.07) is 6.09. The second-order valence-corrected chi connectivity index (χ2v) is 6.81. The summed E-state index contributed by atoms with van der Waals surface area (Å²) >= 11 is 0. The number of rotatable bonds is 7. The third-order valence-electron chi connectivity index (χ3n) is 3.30.